The van der Waals surface area contributed by atoms with Crippen LogP contribution >= 0.6 is 0 Å². The zero-order valence-electron chi connectivity index (χ0n) is 11.1. The van der Waals surface area contributed by atoms with Crippen molar-refractivity contribution in [2.24, 2.45) is 11.7 Å². The second-order valence-electron chi connectivity index (χ2n) is 4.81. The van der Waals surface area contributed by atoms with Crippen LogP contribution in [0.5, 0.6) is 0 Å². The van der Waals surface area contributed by atoms with Gasteiger partial charge in [0, 0.05) is 16.9 Å². The van der Waals surface area contributed by atoms with E-state index in [1.807, 2.05) is 26.0 Å². The van der Waals surface area contributed by atoms with Gasteiger partial charge in [0.05, 0.1) is 0 Å². The van der Waals surface area contributed by atoms with E-state index in [4.69, 9.17) is 10.2 Å². The lowest BCUT2D eigenvalue weighted by Crippen LogP contribution is -2.26. The van der Waals surface area contributed by atoms with Crippen molar-refractivity contribution in [3.05, 3.63) is 45.8 Å². The highest BCUT2D eigenvalue weighted by atomic mass is 16.4. The van der Waals surface area contributed by atoms with Gasteiger partial charge in [-0.25, -0.2) is 4.79 Å². The highest BCUT2D eigenvalue weighted by Crippen LogP contribution is 2.17. The van der Waals surface area contributed by atoms with E-state index in [0.717, 1.165) is 10.9 Å². The summed E-state index contributed by atoms with van der Waals surface area (Å²) in [7, 11) is 0. The number of benzene rings is 1. The summed E-state index contributed by atoms with van der Waals surface area (Å²) in [6.07, 6.45) is 0.943. The SMILES string of the molecule is CCC(Cc1cc2cc(C)ccc2oc1=O)C(N)=O. The van der Waals surface area contributed by atoms with Crippen molar-refractivity contribution in [1.82, 2.24) is 0 Å². The molecule has 0 radical (unpaired) electrons. The minimum Gasteiger partial charge on any atom is -0.423 e. The molecule has 0 saturated heterocycles. The van der Waals surface area contributed by atoms with E-state index in [9.17, 15) is 9.59 Å². The third-order valence-corrected chi connectivity index (χ3v) is 3.32. The second kappa shape index (κ2) is 5.26. The highest BCUT2D eigenvalue weighted by Gasteiger charge is 2.16. The Bertz CT molecular complexity index is 673. The first kappa shape index (κ1) is 13.3. The van der Waals surface area contributed by atoms with Crippen molar-refractivity contribution in [2.45, 2.75) is 26.7 Å². The molecule has 0 bridgehead atoms. The molecule has 0 fully saturated rings. The average Bonchev–Trinajstić information content (AvgIpc) is 2.36. The monoisotopic (exact) mass is 259 g/mol. The first-order chi connectivity index (χ1) is 9.01. The van der Waals surface area contributed by atoms with Crippen LogP contribution < -0.4 is 11.4 Å². The summed E-state index contributed by atoms with van der Waals surface area (Å²) in [5.74, 6) is -0.712. The summed E-state index contributed by atoms with van der Waals surface area (Å²) in [5.41, 5.74) is 7.07. The molecular formula is C15H17NO3. The molecule has 0 aliphatic carbocycles. The van der Waals surface area contributed by atoms with Gasteiger partial charge in [-0.2, -0.15) is 0 Å². The molecule has 1 amide bonds. The van der Waals surface area contributed by atoms with Crippen molar-refractivity contribution < 1.29 is 9.21 Å². The molecule has 0 aliphatic rings. The summed E-state index contributed by atoms with van der Waals surface area (Å²) in [6, 6.07) is 7.41. The van der Waals surface area contributed by atoms with Crippen molar-refractivity contribution >= 4 is 16.9 Å². The molecule has 4 heteroatoms. The summed E-state index contributed by atoms with van der Waals surface area (Å²) < 4.78 is 5.27. The fraction of sp³-hybridized carbons (Fsp3) is 0.333. The highest BCUT2D eigenvalue weighted by molar-refractivity contribution is 5.79. The molecule has 19 heavy (non-hydrogen) atoms. The Morgan fingerprint density at radius 1 is 1.37 bits per heavy atom. The van der Waals surface area contributed by atoms with Crippen LogP contribution in [0.3, 0.4) is 0 Å². The molecule has 1 aromatic heterocycles. The molecule has 1 unspecified atom stereocenters. The van der Waals surface area contributed by atoms with Gasteiger partial charge in [0.15, 0.2) is 0 Å². The second-order valence-corrected chi connectivity index (χ2v) is 4.81. The largest absolute Gasteiger partial charge is 0.423 e. The van der Waals surface area contributed by atoms with Crippen LogP contribution in [0.1, 0.15) is 24.5 Å². The number of carbonyl (C=O) groups is 1. The van der Waals surface area contributed by atoms with E-state index in [2.05, 4.69) is 0 Å². The Morgan fingerprint density at radius 3 is 2.74 bits per heavy atom. The molecule has 0 spiro atoms. The molecule has 2 N–H and O–H groups in total. The van der Waals surface area contributed by atoms with Crippen LogP contribution in [0.25, 0.3) is 11.0 Å². The molecule has 4 nitrogen and oxygen atoms in total. The lowest BCUT2D eigenvalue weighted by Gasteiger charge is -2.10. The molecule has 1 heterocycles. The van der Waals surface area contributed by atoms with Gasteiger partial charge in [0.25, 0.3) is 0 Å². The standard InChI is InChI=1S/C15H17NO3/c1-3-10(14(16)17)7-12-8-11-6-9(2)4-5-13(11)19-15(12)18/h4-6,8,10H,3,7H2,1-2H3,(H2,16,17). The minimum absolute atomic E-state index is 0.329. The lowest BCUT2D eigenvalue weighted by molar-refractivity contribution is -0.121. The number of hydrogen-bond acceptors (Lipinski definition) is 3. The Hall–Kier alpha value is -2.10. The Kier molecular flexibility index (Phi) is 3.69. The fourth-order valence-electron chi connectivity index (χ4n) is 2.14. The van der Waals surface area contributed by atoms with Gasteiger partial charge in [-0.05, 0) is 38.0 Å². The molecular weight excluding hydrogens is 242 g/mol. The molecule has 1 atom stereocenters. The van der Waals surface area contributed by atoms with E-state index in [1.54, 1.807) is 12.1 Å². The van der Waals surface area contributed by atoms with E-state index in [1.165, 1.54) is 0 Å². The van der Waals surface area contributed by atoms with Gasteiger partial charge < -0.3 is 10.2 Å². The third kappa shape index (κ3) is 2.84. The number of primary amides is 1. The average molecular weight is 259 g/mol. The predicted molar refractivity (Wildman–Crippen MR) is 73.9 cm³/mol. The van der Waals surface area contributed by atoms with E-state index in [-0.39, 0.29) is 11.8 Å². The van der Waals surface area contributed by atoms with Gasteiger partial charge in [-0.1, -0.05) is 18.6 Å². The summed E-state index contributed by atoms with van der Waals surface area (Å²) >= 11 is 0. The van der Waals surface area contributed by atoms with Crippen molar-refractivity contribution in [3.63, 3.8) is 0 Å². The molecule has 2 rings (SSSR count). The van der Waals surface area contributed by atoms with Gasteiger partial charge in [-0.15, -0.1) is 0 Å². The van der Waals surface area contributed by atoms with Crippen LogP contribution in [0.4, 0.5) is 0 Å². The number of amides is 1. The van der Waals surface area contributed by atoms with Gasteiger partial charge in [-0.3, -0.25) is 4.79 Å². The van der Waals surface area contributed by atoms with E-state index < -0.39 is 5.63 Å². The van der Waals surface area contributed by atoms with Crippen LogP contribution in [0, 0.1) is 12.8 Å². The smallest absolute Gasteiger partial charge is 0.339 e. The van der Waals surface area contributed by atoms with Crippen LogP contribution in [-0.2, 0) is 11.2 Å². The molecule has 100 valence electrons. The zero-order valence-corrected chi connectivity index (χ0v) is 11.1. The Balaban J connectivity index is 2.46. The number of carbonyl (C=O) groups excluding carboxylic acids is 1. The topological polar surface area (TPSA) is 73.3 Å². The molecule has 0 saturated carbocycles. The van der Waals surface area contributed by atoms with Crippen LogP contribution in [0.2, 0.25) is 0 Å². The maximum Gasteiger partial charge on any atom is 0.339 e. The summed E-state index contributed by atoms with van der Waals surface area (Å²) in [4.78, 5) is 23.1. The van der Waals surface area contributed by atoms with Crippen LogP contribution in [0.15, 0.2) is 33.5 Å². The number of rotatable bonds is 4. The van der Waals surface area contributed by atoms with Crippen LogP contribution in [-0.4, -0.2) is 5.91 Å². The minimum atomic E-state index is -0.393. The quantitative estimate of drug-likeness (QED) is 0.855. The predicted octanol–water partition coefficient (Wildman–Crippen LogP) is 2.16. The van der Waals surface area contributed by atoms with E-state index >= 15 is 0 Å². The third-order valence-electron chi connectivity index (χ3n) is 3.32. The zero-order chi connectivity index (χ0) is 14.0. The van der Waals surface area contributed by atoms with Gasteiger partial charge in [0.2, 0.25) is 5.91 Å². The number of aryl methyl sites for hydroxylation is 1. The maximum atomic E-state index is 11.9. The first-order valence-corrected chi connectivity index (χ1v) is 6.34. The summed E-state index contributed by atoms with van der Waals surface area (Å²) in [6.45, 7) is 3.85. The number of hydrogen-bond donors (Lipinski definition) is 1. The lowest BCUT2D eigenvalue weighted by atomic mass is 9.96. The Morgan fingerprint density at radius 2 is 2.11 bits per heavy atom. The Labute approximate surface area is 111 Å². The number of nitrogens with two attached hydrogens (primary N) is 1. The first-order valence-electron chi connectivity index (χ1n) is 6.34. The molecule has 1 aromatic carbocycles. The fourth-order valence-corrected chi connectivity index (χ4v) is 2.14. The normalized spacial score (nSPS) is 12.5. The van der Waals surface area contributed by atoms with Crippen molar-refractivity contribution in [1.29, 1.82) is 0 Å². The van der Waals surface area contributed by atoms with Gasteiger partial charge in [0.1, 0.15) is 5.58 Å². The molecule has 2 aromatic rings. The maximum absolute atomic E-state index is 11.9. The van der Waals surface area contributed by atoms with E-state index in [0.29, 0.717) is 24.0 Å². The van der Waals surface area contributed by atoms with Crippen molar-refractivity contribution in [3.8, 4) is 0 Å². The summed E-state index contributed by atoms with van der Waals surface area (Å²) in [5, 5.41) is 0.869. The van der Waals surface area contributed by atoms with Crippen molar-refractivity contribution in [2.75, 3.05) is 0 Å². The number of fused-ring (bicyclic) bond motifs is 1. The molecule has 0 aliphatic heterocycles. The van der Waals surface area contributed by atoms with Gasteiger partial charge >= 0.3 is 5.63 Å².